The van der Waals surface area contributed by atoms with E-state index in [-0.39, 0.29) is 23.4 Å². The summed E-state index contributed by atoms with van der Waals surface area (Å²) in [6.45, 7) is 0.832. The first-order valence-electron chi connectivity index (χ1n) is 9.89. The van der Waals surface area contributed by atoms with Gasteiger partial charge in [-0.3, -0.25) is 9.78 Å². The van der Waals surface area contributed by atoms with Crippen LogP contribution in [0.15, 0.2) is 84.0 Å². The van der Waals surface area contributed by atoms with Gasteiger partial charge in [-0.25, -0.2) is 13.1 Å². The minimum absolute atomic E-state index is 0.0392. The zero-order valence-electron chi connectivity index (χ0n) is 16.4. The lowest BCUT2D eigenvalue weighted by atomic mass is 10.1. The summed E-state index contributed by atoms with van der Waals surface area (Å²) in [6, 6.07) is 19.3. The van der Waals surface area contributed by atoms with Gasteiger partial charge in [-0.05, 0) is 48.2 Å². The molecule has 154 valence electrons. The molecule has 2 heterocycles. The van der Waals surface area contributed by atoms with E-state index in [0.717, 1.165) is 24.0 Å². The van der Waals surface area contributed by atoms with Gasteiger partial charge >= 0.3 is 0 Å². The molecular weight excluding hydrogens is 398 g/mol. The molecular formula is C23H23N3O3S. The van der Waals surface area contributed by atoms with E-state index in [9.17, 15) is 13.2 Å². The van der Waals surface area contributed by atoms with Gasteiger partial charge in [-0.2, -0.15) is 0 Å². The number of hydrogen-bond donors (Lipinski definition) is 1. The molecule has 1 saturated heterocycles. The predicted molar refractivity (Wildman–Crippen MR) is 114 cm³/mol. The van der Waals surface area contributed by atoms with Gasteiger partial charge in [0.05, 0.1) is 10.9 Å². The summed E-state index contributed by atoms with van der Waals surface area (Å²) >= 11 is 0. The summed E-state index contributed by atoms with van der Waals surface area (Å²) in [7, 11) is -3.73. The summed E-state index contributed by atoms with van der Waals surface area (Å²) in [5.41, 5.74) is 2.23. The first kappa shape index (κ1) is 20.3. The minimum atomic E-state index is -3.73. The van der Waals surface area contributed by atoms with Crippen molar-refractivity contribution in [2.24, 2.45) is 0 Å². The topological polar surface area (TPSA) is 79.4 Å². The standard InChI is InChI=1S/C23H23N3O3S/c27-23(26-14-6-12-22(26)20-10-5-13-24-17-20)19-9-4-11-21(15-19)30(28,29)25-16-18-7-2-1-3-8-18/h1-5,7-11,13,15,17,22,25H,6,12,14,16H2/t22-/m0/s1. The Bertz CT molecular complexity index is 1120. The van der Waals surface area contributed by atoms with Crippen molar-refractivity contribution >= 4 is 15.9 Å². The number of carbonyl (C=O) groups excluding carboxylic acids is 1. The van der Waals surface area contributed by atoms with Gasteiger partial charge in [0.1, 0.15) is 0 Å². The van der Waals surface area contributed by atoms with Crippen molar-refractivity contribution in [1.29, 1.82) is 0 Å². The van der Waals surface area contributed by atoms with E-state index in [4.69, 9.17) is 0 Å². The Labute approximate surface area is 176 Å². The molecule has 1 N–H and O–H groups in total. The van der Waals surface area contributed by atoms with Gasteiger partial charge in [0.15, 0.2) is 0 Å². The fourth-order valence-electron chi connectivity index (χ4n) is 3.75. The van der Waals surface area contributed by atoms with Crippen molar-refractivity contribution in [3.63, 3.8) is 0 Å². The van der Waals surface area contributed by atoms with Crippen LogP contribution < -0.4 is 4.72 Å². The van der Waals surface area contributed by atoms with Crippen molar-refractivity contribution in [2.45, 2.75) is 30.3 Å². The molecule has 0 aliphatic carbocycles. The molecule has 1 aliphatic heterocycles. The SMILES string of the molecule is O=C(c1cccc(S(=O)(=O)NCc2ccccc2)c1)N1CCC[C@H]1c1cccnc1. The molecule has 1 fully saturated rings. The lowest BCUT2D eigenvalue weighted by Crippen LogP contribution is -2.31. The van der Waals surface area contributed by atoms with Crippen LogP contribution in [0.5, 0.6) is 0 Å². The van der Waals surface area contributed by atoms with Crippen LogP contribution in [0.25, 0.3) is 0 Å². The number of aromatic nitrogens is 1. The fraction of sp³-hybridized carbons (Fsp3) is 0.217. The number of hydrogen-bond acceptors (Lipinski definition) is 4. The lowest BCUT2D eigenvalue weighted by Gasteiger charge is -2.25. The number of carbonyl (C=O) groups is 1. The van der Waals surface area contributed by atoms with Crippen LogP contribution in [0.1, 0.15) is 40.4 Å². The van der Waals surface area contributed by atoms with E-state index >= 15 is 0 Å². The molecule has 1 aliphatic rings. The molecule has 0 unspecified atom stereocenters. The third-order valence-corrected chi connectivity index (χ3v) is 6.68. The minimum Gasteiger partial charge on any atom is -0.332 e. The Balaban J connectivity index is 1.53. The molecule has 0 radical (unpaired) electrons. The van der Waals surface area contributed by atoms with Crippen molar-refractivity contribution in [2.75, 3.05) is 6.54 Å². The Hall–Kier alpha value is -3.03. The van der Waals surface area contributed by atoms with Crippen LogP contribution >= 0.6 is 0 Å². The summed E-state index contributed by atoms with van der Waals surface area (Å²) in [5.74, 6) is -0.165. The van der Waals surface area contributed by atoms with E-state index in [0.29, 0.717) is 12.1 Å². The third-order valence-electron chi connectivity index (χ3n) is 5.28. The number of rotatable bonds is 6. The third kappa shape index (κ3) is 4.42. The first-order chi connectivity index (χ1) is 14.5. The second kappa shape index (κ2) is 8.77. The summed E-state index contributed by atoms with van der Waals surface area (Å²) in [5, 5.41) is 0. The monoisotopic (exact) mass is 421 g/mol. The summed E-state index contributed by atoms with van der Waals surface area (Å²) in [6.07, 6.45) is 5.27. The average molecular weight is 422 g/mol. The molecule has 2 aromatic carbocycles. The largest absolute Gasteiger partial charge is 0.332 e. The first-order valence-corrected chi connectivity index (χ1v) is 11.4. The zero-order chi connectivity index (χ0) is 21.0. The van der Waals surface area contributed by atoms with Crippen molar-refractivity contribution < 1.29 is 13.2 Å². The van der Waals surface area contributed by atoms with Gasteiger partial charge in [0, 0.05) is 31.0 Å². The van der Waals surface area contributed by atoms with E-state index in [2.05, 4.69) is 9.71 Å². The van der Waals surface area contributed by atoms with Crippen molar-refractivity contribution in [3.05, 3.63) is 95.8 Å². The smallest absolute Gasteiger partial charge is 0.254 e. The maximum absolute atomic E-state index is 13.2. The van der Waals surface area contributed by atoms with Crippen LogP contribution in [-0.4, -0.2) is 30.8 Å². The molecule has 6 nitrogen and oxygen atoms in total. The number of likely N-dealkylation sites (tertiary alicyclic amines) is 1. The Morgan fingerprint density at radius 2 is 1.90 bits per heavy atom. The van der Waals surface area contributed by atoms with Gasteiger partial charge < -0.3 is 4.90 Å². The second-order valence-corrected chi connectivity index (χ2v) is 9.05. The molecule has 0 bridgehead atoms. The van der Waals surface area contributed by atoms with E-state index in [1.165, 1.54) is 12.1 Å². The normalized spacial score (nSPS) is 16.5. The molecule has 1 atom stereocenters. The molecule has 0 spiro atoms. The maximum atomic E-state index is 13.2. The number of sulfonamides is 1. The highest BCUT2D eigenvalue weighted by atomic mass is 32.2. The van der Waals surface area contributed by atoms with Gasteiger partial charge in [-0.15, -0.1) is 0 Å². The number of pyridine rings is 1. The maximum Gasteiger partial charge on any atom is 0.254 e. The Morgan fingerprint density at radius 1 is 1.07 bits per heavy atom. The van der Waals surface area contributed by atoms with E-state index in [1.54, 1.807) is 29.4 Å². The van der Waals surface area contributed by atoms with Crippen LogP contribution in [0.3, 0.4) is 0 Å². The summed E-state index contributed by atoms with van der Waals surface area (Å²) < 4.78 is 28.1. The van der Waals surface area contributed by atoms with Crippen LogP contribution in [-0.2, 0) is 16.6 Å². The predicted octanol–water partition coefficient (Wildman–Crippen LogP) is 3.54. The van der Waals surface area contributed by atoms with Crippen molar-refractivity contribution in [1.82, 2.24) is 14.6 Å². The molecule has 1 aromatic heterocycles. The second-order valence-electron chi connectivity index (χ2n) is 7.28. The molecule has 7 heteroatoms. The quantitative estimate of drug-likeness (QED) is 0.660. The van der Waals surface area contributed by atoms with E-state index in [1.807, 2.05) is 42.5 Å². The number of nitrogens with one attached hydrogen (secondary N) is 1. The van der Waals surface area contributed by atoms with E-state index < -0.39 is 10.0 Å². The summed E-state index contributed by atoms with van der Waals surface area (Å²) in [4.78, 5) is 19.2. The Kier molecular flexibility index (Phi) is 5.92. The highest BCUT2D eigenvalue weighted by molar-refractivity contribution is 7.89. The molecule has 0 saturated carbocycles. The van der Waals surface area contributed by atoms with Crippen LogP contribution in [0, 0.1) is 0 Å². The van der Waals surface area contributed by atoms with Gasteiger partial charge in [0.25, 0.3) is 5.91 Å². The lowest BCUT2D eigenvalue weighted by molar-refractivity contribution is 0.0735. The molecule has 1 amide bonds. The van der Waals surface area contributed by atoms with Gasteiger partial charge in [-0.1, -0.05) is 42.5 Å². The Morgan fingerprint density at radius 3 is 2.67 bits per heavy atom. The fourth-order valence-corrected chi connectivity index (χ4v) is 4.81. The number of amides is 1. The highest BCUT2D eigenvalue weighted by Gasteiger charge is 2.31. The average Bonchev–Trinajstić information content (AvgIpc) is 3.29. The highest BCUT2D eigenvalue weighted by Crippen LogP contribution is 2.32. The van der Waals surface area contributed by atoms with Crippen LogP contribution in [0.4, 0.5) is 0 Å². The zero-order valence-corrected chi connectivity index (χ0v) is 17.3. The van der Waals surface area contributed by atoms with Crippen LogP contribution in [0.2, 0.25) is 0 Å². The molecule has 3 aromatic rings. The molecule has 30 heavy (non-hydrogen) atoms. The number of benzene rings is 2. The molecule has 4 rings (SSSR count). The van der Waals surface area contributed by atoms with Crippen molar-refractivity contribution in [3.8, 4) is 0 Å². The van der Waals surface area contributed by atoms with Gasteiger partial charge in [0.2, 0.25) is 10.0 Å². The number of nitrogens with zero attached hydrogens (tertiary/aromatic N) is 2.